The monoisotopic (exact) mass is 321 g/mol. The second kappa shape index (κ2) is 6.46. The van der Waals surface area contributed by atoms with Gasteiger partial charge < -0.3 is 0 Å². The average molecular weight is 321 g/mol. The second-order valence-electron chi connectivity index (χ2n) is 5.39. The van der Waals surface area contributed by atoms with Gasteiger partial charge in [-0.2, -0.15) is 0 Å². The van der Waals surface area contributed by atoms with Gasteiger partial charge in [-0.05, 0) is 57.3 Å². The SMILES string of the molecule is CCC1CCC([I+]C2CCCCC2)CC1. The van der Waals surface area contributed by atoms with Crippen molar-refractivity contribution in [2.75, 3.05) is 0 Å². The smallest absolute Gasteiger partial charge is 0.0651 e. The molecule has 0 saturated heterocycles. The van der Waals surface area contributed by atoms with Gasteiger partial charge >= 0.3 is 0 Å². The number of alkyl halides is 2. The zero-order valence-corrected chi connectivity index (χ0v) is 12.3. The molecule has 2 saturated carbocycles. The maximum atomic E-state index is 2.38. The third-order valence-corrected chi connectivity index (χ3v) is 8.77. The van der Waals surface area contributed by atoms with Crippen LogP contribution >= 0.6 is 0 Å². The summed E-state index contributed by atoms with van der Waals surface area (Å²) in [5, 5.41) is 0. The van der Waals surface area contributed by atoms with Crippen LogP contribution in [0.3, 0.4) is 0 Å². The molecule has 0 spiro atoms. The Bertz CT molecular complexity index is 164. The lowest BCUT2D eigenvalue weighted by Gasteiger charge is -2.23. The number of halogens is 1. The van der Waals surface area contributed by atoms with Gasteiger partial charge in [-0.25, -0.2) is 0 Å². The van der Waals surface area contributed by atoms with Crippen LogP contribution in [-0.2, 0) is 0 Å². The van der Waals surface area contributed by atoms with E-state index in [1.54, 1.807) is 51.4 Å². The molecule has 0 aromatic carbocycles. The van der Waals surface area contributed by atoms with Gasteiger partial charge in [-0.15, -0.1) is 0 Å². The molecule has 2 fully saturated rings. The summed E-state index contributed by atoms with van der Waals surface area (Å²) < 4.78 is 2.44. The summed E-state index contributed by atoms with van der Waals surface area (Å²) in [5.74, 6) is 1.09. The minimum Gasteiger partial charge on any atom is -0.0651 e. The van der Waals surface area contributed by atoms with Crippen molar-refractivity contribution in [3.63, 3.8) is 0 Å². The van der Waals surface area contributed by atoms with Crippen LogP contribution in [-0.4, -0.2) is 7.85 Å². The Morgan fingerprint density at radius 2 is 1.40 bits per heavy atom. The molecule has 2 rings (SSSR count). The fourth-order valence-corrected chi connectivity index (χ4v) is 7.56. The third-order valence-electron chi connectivity index (χ3n) is 4.24. The van der Waals surface area contributed by atoms with Crippen molar-refractivity contribution in [2.45, 2.75) is 79.0 Å². The number of hydrogen-bond donors (Lipinski definition) is 0. The molecule has 88 valence electrons. The quantitative estimate of drug-likeness (QED) is 0.544. The molecule has 0 aromatic heterocycles. The molecule has 2 aliphatic carbocycles. The molecule has 0 radical (unpaired) electrons. The summed E-state index contributed by atoms with van der Waals surface area (Å²) in [7, 11) is 0. The first-order chi connectivity index (χ1) is 7.38. The summed E-state index contributed by atoms with van der Waals surface area (Å²) in [6, 6.07) is 0. The molecule has 0 aliphatic heterocycles. The fourth-order valence-electron chi connectivity index (χ4n) is 3.09. The van der Waals surface area contributed by atoms with Crippen molar-refractivity contribution in [3.05, 3.63) is 0 Å². The number of rotatable bonds is 3. The van der Waals surface area contributed by atoms with Crippen LogP contribution in [0, 0.1) is 5.92 Å². The molecule has 0 heterocycles. The zero-order chi connectivity index (χ0) is 10.5. The molecule has 0 unspecified atom stereocenters. The highest BCUT2D eigenvalue weighted by atomic mass is 127. The fraction of sp³-hybridized carbons (Fsp3) is 1.00. The van der Waals surface area contributed by atoms with Gasteiger partial charge in [0.1, 0.15) is 0 Å². The molecule has 0 N–H and O–H groups in total. The number of hydrogen-bond acceptors (Lipinski definition) is 0. The lowest BCUT2D eigenvalue weighted by Crippen LogP contribution is -3.68. The molecule has 0 aromatic rings. The van der Waals surface area contributed by atoms with E-state index in [1.807, 2.05) is 0 Å². The molecule has 0 amide bonds. The van der Waals surface area contributed by atoms with Crippen molar-refractivity contribution < 1.29 is 21.2 Å². The highest BCUT2D eigenvalue weighted by Gasteiger charge is 2.35. The first-order valence-corrected chi connectivity index (χ1v) is 9.49. The average Bonchev–Trinajstić information content (AvgIpc) is 2.31. The summed E-state index contributed by atoms with van der Waals surface area (Å²) in [6.07, 6.45) is 15.6. The second-order valence-corrected chi connectivity index (χ2v) is 9.63. The Hall–Kier alpha value is 0.730. The molecule has 1 heteroatoms. The molecule has 0 nitrogen and oxygen atoms in total. The van der Waals surface area contributed by atoms with Crippen LogP contribution in [0.2, 0.25) is 0 Å². The first kappa shape index (κ1) is 12.2. The van der Waals surface area contributed by atoms with E-state index in [9.17, 15) is 0 Å². The van der Waals surface area contributed by atoms with Crippen LogP contribution in [0.5, 0.6) is 0 Å². The molecule has 0 bridgehead atoms. The Morgan fingerprint density at radius 3 is 2.00 bits per heavy atom. The third kappa shape index (κ3) is 3.90. The standard InChI is InChI=1S/C14H26I/c1-2-12-8-10-14(11-9-12)15-13-6-4-3-5-7-13/h12-14H,2-11H2,1H3/q+1. The van der Waals surface area contributed by atoms with Crippen molar-refractivity contribution in [1.29, 1.82) is 0 Å². The largest absolute Gasteiger partial charge is 0.275 e. The molecule has 15 heavy (non-hydrogen) atoms. The predicted molar refractivity (Wildman–Crippen MR) is 62.9 cm³/mol. The summed E-state index contributed by atoms with van der Waals surface area (Å²) in [4.78, 5) is 0. The summed E-state index contributed by atoms with van der Waals surface area (Å²) in [6.45, 7) is 2.38. The van der Waals surface area contributed by atoms with Gasteiger partial charge in [0.2, 0.25) is 0 Å². The normalized spacial score (nSPS) is 34.2. The predicted octanol–water partition coefficient (Wildman–Crippen LogP) is 1.38. The van der Waals surface area contributed by atoms with Gasteiger partial charge in [0.15, 0.2) is 7.85 Å². The zero-order valence-electron chi connectivity index (χ0n) is 10.2. The van der Waals surface area contributed by atoms with E-state index < -0.39 is 0 Å². The highest BCUT2D eigenvalue weighted by Crippen LogP contribution is 2.24. The van der Waals surface area contributed by atoms with Crippen molar-refractivity contribution >= 4 is 0 Å². The molecule has 0 atom stereocenters. The Morgan fingerprint density at radius 1 is 0.800 bits per heavy atom. The van der Waals surface area contributed by atoms with E-state index >= 15 is 0 Å². The van der Waals surface area contributed by atoms with Gasteiger partial charge in [-0.1, -0.05) is 19.8 Å². The molecular formula is C14H26I+. The summed E-state index contributed by atoms with van der Waals surface area (Å²) in [5.41, 5.74) is 0. The van der Waals surface area contributed by atoms with Gasteiger partial charge in [0.05, 0.1) is 0 Å². The van der Waals surface area contributed by atoms with Crippen molar-refractivity contribution in [3.8, 4) is 0 Å². The lowest BCUT2D eigenvalue weighted by molar-refractivity contribution is -0.726. The van der Waals surface area contributed by atoms with Gasteiger partial charge in [-0.3, -0.25) is 0 Å². The van der Waals surface area contributed by atoms with Crippen molar-refractivity contribution in [1.82, 2.24) is 0 Å². The van der Waals surface area contributed by atoms with Crippen LogP contribution in [0.4, 0.5) is 0 Å². The molecule has 2 aliphatic rings. The van der Waals surface area contributed by atoms with Crippen LogP contribution in [0.15, 0.2) is 0 Å². The summed E-state index contributed by atoms with van der Waals surface area (Å²) >= 11 is 0.558. The van der Waals surface area contributed by atoms with E-state index in [2.05, 4.69) is 6.92 Å². The van der Waals surface area contributed by atoms with E-state index in [1.165, 1.54) is 20.7 Å². The topological polar surface area (TPSA) is 0 Å². The lowest BCUT2D eigenvalue weighted by atomic mass is 9.88. The Kier molecular flexibility index (Phi) is 5.25. The Balaban J connectivity index is 1.67. The minimum absolute atomic E-state index is 0.558. The van der Waals surface area contributed by atoms with E-state index in [0.717, 1.165) is 5.92 Å². The van der Waals surface area contributed by atoms with E-state index in [0.29, 0.717) is 21.2 Å². The minimum atomic E-state index is 0.558. The van der Waals surface area contributed by atoms with Crippen molar-refractivity contribution in [2.24, 2.45) is 5.92 Å². The maximum absolute atomic E-state index is 2.38. The first-order valence-electron chi connectivity index (χ1n) is 7.00. The van der Waals surface area contributed by atoms with Crippen LogP contribution in [0.25, 0.3) is 0 Å². The van der Waals surface area contributed by atoms with Crippen LogP contribution < -0.4 is 21.2 Å². The van der Waals surface area contributed by atoms with Gasteiger partial charge in [0.25, 0.3) is 21.2 Å². The van der Waals surface area contributed by atoms with E-state index in [-0.39, 0.29) is 0 Å². The van der Waals surface area contributed by atoms with Crippen LogP contribution in [0.1, 0.15) is 71.1 Å². The highest BCUT2D eigenvalue weighted by molar-refractivity contribution is 4.71. The van der Waals surface area contributed by atoms with Gasteiger partial charge in [0, 0.05) is 0 Å². The maximum Gasteiger partial charge on any atom is 0.275 e. The molecular weight excluding hydrogens is 295 g/mol. The van der Waals surface area contributed by atoms with E-state index in [4.69, 9.17) is 0 Å². The Labute approximate surface area is 106 Å².